The average molecular weight is 722 g/mol. The highest BCUT2D eigenvalue weighted by Crippen LogP contribution is 2.53. The summed E-state index contributed by atoms with van der Waals surface area (Å²) in [5.74, 6) is 4.71. The number of nitrogens with two attached hydrogens (primary N) is 1. The van der Waals surface area contributed by atoms with Gasteiger partial charge in [0.2, 0.25) is 0 Å². The normalized spacial score (nSPS) is 28.8. The fourth-order valence-electron chi connectivity index (χ4n) is 9.42. The summed E-state index contributed by atoms with van der Waals surface area (Å²) in [4.78, 5) is 14.0. The van der Waals surface area contributed by atoms with Crippen LogP contribution in [0.4, 0.5) is 23.7 Å². The van der Waals surface area contributed by atoms with Crippen molar-refractivity contribution in [3.63, 3.8) is 0 Å². The molecule has 7 fully saturated rings. The van der Waals surface area contributed by atoms with E-state index in [1.165, 1.54) is 87.3 Å². The number of halogens is 3. The summed E-state index contributed by atoms with van der Waals surface area (Å²) in [6.07, 6.45) is 12.5. The number of aliphatic hydroxyl groups is 2. The van der Waals surface area contributed by atoms with Gasteiger partial charge in [-0.25, -0.2) is 4.79 Å². The van der Waals surface area contributed by atoms with Crippen LogP contribution in [0.15, 0.2) is 24.3 Å². The van der Waals surface area contributed by atoms with Crippen LogP contribution in [0.2, 0.25) is 0 Å². The van der Waals surface area contributed by atoms with Crippen molar-refractivity contribution < 1.29 is 28.2 Å². The summed E-state index contributed by atoms with van der Waals surface area (Å²) in [5.41, 5.74) is 5.49. The highest BCUT2D eigenvalue weighted by Gasteiger charge is 2.48. The van der Waals surface area contributed by atoms with Gasteiger partial charge >= 0.3 is 12.2 Å². The Balaban J connectivity index is 0.000000159. The quantitative estimate of drug-likeness (QED) is 0.136. The SMILES string of the molecule is CC(C)C(CO)N(C(=O)Nc1ccccc1C(F)(F)F)C1CC1.CC(C)C(CO)NC1CC1.NC1(CNC2C3CC4CC(C3)CC2C4)CCCC1. The zero-order chi connectivity index (χ0) is 36.9. The second-order valence-corrected chi connectivity index (χ2v) is 17.5. The molecule has 2 amide bonds. The van der Waals surface area contributed by atoms with Crippen molar-refractivity contribution in [3.05, 3.63) is 29.8 Å². The van der Waals surface area contributed by atoms with Crippen molar-refractivity contribution in [1.29, 1.82) is 0 Å². The lowest BCUT2D eigenvalue weighted by Crippen LogP contribution is -2.58. The number of hydrogen-bond acceptors (Lipinski definition) is 6. The molecule has 8 rings (SSSR count). The first kappa shape index (κ1) is 40.3. The molecule has 7 aliphatic carbocycles. The number of anilines is 1. The van der Waals surface area contributed by atoms with Gasteiger partial charge in [0.1, 0.15) is 0 Å². The molecule has 0 aliphatic heterocycles. The number of nitrogens with one attached hydrogen (secondary N) is 3. The number of para-hydroxylation sites is 1. The molecule has 1 aromatic rings. The number of hydrogen-bond donors (Lipinski definition) is 6. The van der Waals surface area contributed by atoms with E-state index in [0.29, 0.717) is 18.0 Å². The second kappa shape index (κ2) is 17.5. The van der Waals surface area contributed by atoms with E-state index >= 15 is 0 Å². The van der Waals surface area contributed by atoms with E-state index in [0.717, 1.165) is 55.2 Å². The number of carbonyl (C=O) groups excluding carboxylic acids is 1. The molecule has 7 N–H and O–H groups in total. The first-order valence-corrected chi connectivity index (χ1v) is 20.0. The van der Waals surface area contributed by atoms with Crippen molar-refractivity contribution in [1.82, 2.24) is 15.5 Å². The van der Waals surface area contributed by atoms with Crippen molar-refractivity contribution in [2.45, 2.75) is 153 Å². The second-order valence-electron chi connectivity index (χ2n) is 17.5. The molecule has 1 aromatic carbocycles. The summed E-state index contributed by atoms with van der Waals surface area (Å²) < 4.78 is 39.1. The lowest BCUT2D eigenvalue weighted by atomic mass is 9.54. The van der Waals surface area contributed by atoms with Crippen LogP contribution < -0.4 is 21.7 Å². The lowest BCUT2D eigenvalue weighted by Gasteiger charge is -2.55. The number of carbonyl (C=O) groups is 1. The zero-order valence-corrected chi connectivity index (χ0v) is 31.4. The van der Waals surface area contributed by atoms with Crippen LogP contribution >= 0.6 is 0 Å². The number of alkyl halides is 3. The van der Waals surface area contributed by atoms with E-state index in [4.69, 9.17) is 10.8 Å². The molecular weight excluding hydrogens is 655 g/mol. The van der Waals surface area contributed by atoms with E-state index < -0.39 is 23.8 Å². The highest BCUT2D eigenvalue weighted by molar-refractivity contribution is 5.91. The van der Waals surface area contributed by atoms with Crippen molar-refractivity contribution in [2.75, 3.05) is 25.1 Å². The summed E-state index contributed by atoms with van der Waals surface area (Å²) in [6.45, 7) is 9.14. The Morgan fingerprint density at radius 3 is 1.96 bits per heavy atom. The Hall–Kier alpha value is -1.92. The van der Waals surface area contributed by atoms with Gasteiger partial charge in [-0.15, -0.1) is 0 Å². The molecule has 0 saturated heterocycles. The van der Waals surface area contributed by atoms with Gasteiger partial charge in [-0.05, 0) is 118 Å². The van der Waals surface area contributed by atoms with Crippen LogP contribution in [0, 0.1) is 35.5 Å². The van der Waals surface area contributed by atoms with Crippen LogP contribution in [0.5, 0.6) is 0 Å². The molecule has 2 atom stereocenters. The van der Waals surface area contributed by atoms with E-state index in [9.17, 15) is 23.1 Å². The van der Waals surface area contributed by atoms with E-state index in [1.807, 2.05) is 13.8 Å². The van der Waals surface area contributed by atoms with Crippen molar-refractivity contribution in [2.24, 2.45) is 41.2 Å². The number of amides is 2. The first-order valence-electron chi connectivity index (χ1n) is 20.0. The van der Waals surface area contributed by atoms with Gasteiger partial charge < -0.3 is 36.8 Å². The Kier molecular flexibility index (Phi) is 13.8. The Morgan fingerprint density at radius 2 is 1.49 bits per heavy atom. The molecule has 0 heterocycles. The number of benzene rings is 1. The smallest absolute Gasteiger partial charge is 0.395 e. The summed E-state index contributed by atoms with van der Waals surface area (Å²) in [6, 6.07) is 5.69. The van der Waals surface area contributed by atoms with Gasteiger partial charge in [-0.2, -0.15) is 13.2 Å². The molecule has 51 heavy (non-hydrogen) atoms. The van der Waals surface area contributed by atoms with Gasteiger partial charge in [-0.3, -0.25) is 0 Å². The van der Waals surface area contributed by atoms with Gasteiger partial charge in [0.05, 0.1) is 30.5 Å². The van der Waals surface area contributed by atoms with Crippen LogP contribution in [0.1, 0.15) is 117 Å². The maximum absolute atomic E-state index is 13.0. The minimum Gasteiger partial charge on any atom is -0.395 e. The monoisotopic (exact) mass is 722 g/mol. The predicted octanol–water partition coefficient (Wildman–Crippen LogP) is 7.15. The third-order valence-corrected chi connectivity index (χ3v) is 12.5. The number of aliphatic hydroxyl groups excluding tert-OH is 2. The third-order valence-electron chi connectivity index (χ3n) is 12.5. The lowest BCUT2D eigenvalue weighted by molar-refractivity contribution is -0.136. The van der Waals surface area contributed by atoms with Gasteiger partial charge in [-0.1, -0.05) is 52.7 Å². The average Bonchev–Trinajstić information content (AvgIpc) is 4.01. The fraction of sp³-hybridized carbons (Fsp3) is 0.825. The molecule has 4 bridgehead atoms. The van der Waals surface area contributed by atoms with Gasteiger partial charge in [0, 0.05) is 36.3 Å². The summed E-state index contributed by atoms with van der Waals surface area (Å²) in [7, 11) is 0. The first-order chi connectivity index (χ1) is 24.2. The molecule has 2 unspecified atom stereocenters. The van der Waals surface area contributed by atoms with Crippen molar-refractivity contribution >= 4 is 11.7 Å². The maximum atomic E-state index is 13.0. The van der Waals surface area contributed by atoms with Gasteiger partial charge in [0.25, 0.3) is 0 Å². The molecule has 290 valence electrons. The number of nitrogens with zero attached hydrogens (tertiary/aromatic N) is 1. The summed E-state index contributed by atoms with van der Waals surface area (Å²) >= 11 is 0. The van der Waals surface area contributed by atoms with Gasteiger partial charge in [0.15, 0.2) is 0 Å². The largest absolute Gasteiger partial charge is 0.418 e. The van der Waals surface area contributed by atoms with Crippen LogP contribution in [-0.2, 0) is 6.18 Å². The highest BCUT2D eigenvalue weighted by atomic mass is 19.4. The Labute approximate surface area is 304 Å². The van der Waals surface area contributed by atoms with E-state index in [2.05, 4.69) is 29.8 Å². The summed E-state index contributed by atoms with van der Waals surface area (Å²) in [5, 5.41) is 28.1. The minimum atomic E-state index is -4.54. The molecule has 8 nitrogen and oxygen atoms in total. The van der Waals surface area contributed by atoms with Crippen LogP contribution in [-0.4, -0.2) is 76.7 Å². The molecule has 0 radical (unpaired) electrons. The number of rotatable bonds is 12. The standard InChI is InChI=1S/C16H21F3N2O2.C16H28N2.C8H17NO/c1-10(2)14(9-22)21(11-7-8-11)15(23)20-13-6-4-3-5-12(13)16(17,18)19;17-16(3-1-2-4-16)10-18-15-13-6-11-5-12(8-13)9-14(15)7-11;1-6(2)8(5-10)9-7-3-4-7/h3-6,10-11,14,22H,7-9H2,1-2H3,(H,20,23);11-15,18H,1-10,17H2;6-10H,3-5H2,1-2H3. The van der Waals surface area contributed by atoms with E-state index in [1.54, 1.807) is 6.42 Å². The van der Waals surface area contributed by atoms with Crippen LogP contribution in [0.25, 0.3) is 0 Å². The maximum Gasteiger partial charge on any atom is 0.418 e. The molecule has 0 aromatic heterocycles. The number of urea groups is 1. The Morgan fingerprint density at radius 1 is 0.902 bits per heavy atom. The molecule has 11 heteroatoms. The van der Waals surface area contributed by atoms with Crippen LogP contribution in [0.3, 0.4) is 0 Å². The molecular formula is C40H66F3N5O3. The zero-order valence-electron chi connectivity index (χ0n) is 31.4. The third kappa shape index (κ3) is 11.1. The Bertz CT molecular complexity index is 1220. The molecule has 7 aliphatic rings. The van der Waals surface area contributed by atoms with E-state index in [-0.39, 0.29) is 36.4 Å². The molecule has 0 spiro atoms. The van der Waals surface area contributed by atoms with Crippen molar-refractivity contribution in [3.8, 4) is 0 Å². The minimum absolute atomic E-state index is 0.00390. The fourth-order valence-corrected chi connectivity index (χ4v) is 9.42. The predicted molar refractivity (Wildman–Crippen MR) is 197 cm³/mol. The topological polar surface area (TPSA) is 123 Å². The molecule has 7 saturated carbocycles.